The number of rotatable bonds is 5. The highest BCUT2D eigenvalue weighted by atomic mass is 79.9. The number of nitrogens with zero attached hydrogens (tertiary/aromatic N) is 1. The molecule has 2 N–H and O–H groups in total. The van der Waals surface area contributed by atoms with E-state index in [9.17, 15) is 14.9 Å². The molecule has 0 aliphatic carbocycles. The monoisotopic (exact) mass is 383 g/mol. The first-order valence-corrected chi connectivity index (χ1v) is 7.84. The number of ketones is 1. The van der Waals surface area contributed by atoms with Crippen LogP contribution in [0.1, 0.15) is 17.3 Å². The predicted molar refractivity (Wildman–Crippen MR) is 96.5 cm³/mol. The lowest BCUT2D eigenvalue weighted by Crippen LogP contribution is -2.15. The van der Waals surface area contributed by atoms with Crippen molar-refractivity contribution in [3.8, 4) is 6.07 Å². The Kier molecular flexibility index (Phi) is 5.88. The molecule has 0 bridgehead atoms. The second-order valence-electron chi connectivity index (χ2n) is 4.89. The van der Waals surface area contributed by atoms with Gasteiger partial charge in [-0.3, -0.25) is 9.59 Å². The zero-order valence-corrected chi connectivity index (χ0v) is 14.4. The van der Waals surface area contributed by atoms with Gasteiger partial charge in [0, 0.05) is 21.9 Å². The van der Waals surface area contributed by atoms with Gasteiger partial charge in [-0.05, 0) is 47.1 Å². The van der Waals surface area contributed by atoms with Gasteiger partial charge in [0.1, 0.15) is 11.6 Å². The lowest BCUT2D eigenvalue weighted by atomic mass is 10.1. The van der Waals surface area contributed by atoms with Crippen LogP contribution in [0.4, 0.5) is 11.4 Å². The molecular formula is C18H14BrN3O2. The smallest absolute Gasteiger partial charge is 0.267 e. The Hall–Kier alpha value is -2.91. The summed E-state index contributed by atoms with van der Waals surface area (Å²) in [7, 11) is 0. The van der Waals surface area contributed by atoms with Crippen LogP contribution in [-0.2, 0) is 4.79 Å². The van der Waals surface area contributed by atoms with Gasteiger partial charge in [0.05, 0.1) is 5.69 Å². The van der Waals surface area contributed by atoms with Crippen LogP contribution in [0.25, 0.3) is 0 Å². The SMILES string of the molecule is CC(=O)c1cccc(NC(=O)/C(C#N)=C\Nc2ccccc2Br)c1. The number of nitrogens with one attached hydrogen (secondary N) is 2. The van der Waals surface area contributed by atoms with Crippen molar-refractivity contribution < 1.29 is 9.59 Å². The second-order valence-corrected chi connectivity index (χ2v) is 5.74. The van der Waals surface area contributed by atoms with Crippen molar-refractivity contribution in [1.82, 2.24) is 0 Å². The van der Waals surface area contributed by atoms with Gasteiger partial charge < -0.3 is 10.6 Å². The Morgan fingerprint density at radius 1 is 1.17 bits per heavy atom. The van der Waals surface area contributed by atoms with Gasteiger partial charge >= 0.3 is 0 Å². The number of carbonyl (C=O) groups is 2. The van der Waals surface area contributed by atoms with Crippen molar-refractivity contribution in [2.75, 3.05) is 10.6 Å². The van der Waals surface area contributed by atoms with Crippen molar-refractivity contribution in [2.45, 2.75) is 6.92 Å². The summed E-state index contributed by atoms with van der Waals surface area (Å²) in [5, 5.41) is 14.7. The Balaban J connectivity index is 2.13. The fourth-order valence-corrected chi connectivity index (χ4v) is 2.29. The second kappa shape index (κ2) is 8.09. The summed E-state index contributed by atoms with van der Waals surface area (Å²) < 4.78 is 0.813. The van der Waals surface area contributed by atoms with E-state index in [2.05, 4.69) is 26.6 Å². The summed E-state index contributed by atoms with van der Waals surface area (Å²) in [5.74, 6) is -0.657. The molecule has 0 heterocycles. The van der Waals surface area contributed by atoms with Crippen molar-refractivity contribution in [2.24, 2.45) is 0 Å². The standard InChI is InChI=1S/C18H14BrN3O2/c1-12(23)13-5-4-6-15(9-13)22-18(24)14(10-20)11-21-17-8-3-2-7-16(17)19/h2-9,11,21H,1H3,(H,22,24)/b14-11-. The van der Waals surface area contributed by atoms with Gasteiger partial charge in [-0.1, -0.05) is 24.3 Å². The first-order valence-electron chi connectivity index (χ1n) is 7.05. The average Bonchev–Trinajstić information content (AvgIpc) is 2.57. The van der Waals surface area contributed by atoms with E-state index in [-0.39, 0.29) is 11.4 Å². The average molecular weight is 384 g/mol. The van der Waals surface area contributed by atoms with Gasteiger partial charge in [0.25, 0.3) is 5.91 Å². The molecule has 0 radical (unpaired) electrons. The van der Waals surface area contributed by atoms with E-state index in [1.165, 1.54) is 13.1 Å². The van der Waals surface area contributed by atoms with E-state index in [1.54, 1.807) is 24.3 Å². The number of benzene rings is 2. The predicted octanol–water partition coefficient (Wildman–Crippen LogP) is 4.11. The Labute approximate surface area is 148 Å². The number of amides is 1. The quantitative estimate of drug-likeness (QED) is 0.462. The molecule has 2 rings (SSSR count). The molecule has 120 valence electrons. The summed E-state index contributed by atoms with van der Waals surface area (Å²) in [4.78, 5) is 23.6. The molecule has 24 heavy (non-hydrogen) atoms. The van der Waals surface area contributed by atoms with Gasteiger partial charge in [-0.15, -0.1) is 0 Å². The van der Waals surface area contributed by atoms with Crippen molar-refractivity contribution in [3.05, 3.63) is 70.3 Å². The molecule has 2 aromatic rings. The molecule has 0 fully saturated rings. The van der Waals surface area contributed by atoms with E-state index >= 15 is 0 Å². The van der Waals surface area contributed by atoms with Crippen LogP contribution in [0.2, 0.25) is 0 Å². The zero-order chi connectivity index (χ0) is 17.5. The van der Waals surface area contributed by atoms with E-state index in [0.717, 1.165) is 10.2 Å². The molecule has 0 aromatic heterocycles. The first kappa shape index (κ1) is 17.4. The Morgan fingerprint density at radius 3 is 2.58 bits per heavy atom. The van der Waals surface area contributed by atoms with Crippen LogP contribution in [-0.4, -0.2) is 11.7 Å². The summed E-state index contributed by atoms with van der Waals surface area (Å²) in [6.07, 6.45) is 1.34. The van der Waals surface area contributed by atoms with Gasteiger partial charge in [-0.25, -0.2) is 0 Å². The fraction of sp³-hybridized carbons (Fsp3) is 0.0556. The van der Waals surface area contributed by atoms with Crippen molar-refractivity contribution in [3.63, 3.8) is 0 Å². The molecule has 6 heteroatoms. The third-order valence-corrected chi connectivity index (χ3v) is 3.83. The van der Waals surface area contributed by atoms with Gasteiger partial charge in [0.15, 0.2) is 5.78 Å². The van der Waals surface area contributed by atoms with E-state index in [4.69, 9.17) is 0 Å². The highest BCUT2D eigenvalue weighted by molar-refractivity contribution is 9.10. The van der Waals surface area contributed by atoms with Crippen molar-refractivity contribution >= 4 is 39.0 Å². The molecule has 0 atom stereocenters. The van der Waals surface area contributed by atoms with Crippen LogP contribution in [0.5, 0.6) is 0 Å². The van der Waals surface area contributed by atoms with Crippen LogP contribution < -0.4 is 10.6 Å². The minimum absolute atomic E-state index is 0.0843. The number of hydrogen-bond acceptors (Lipinski definition) is 4. The summed E-state index contributed by atoms with van der Waals surface area (Å²) in [6, 6.07) is 15.7. The van der Waals surface area contributed by atoms with Gasteiger partial charge in [0.2, 0.25) is 0 Å². The van der Waals surface area contributed by atoms with E-state index in [1.807, 2.05) is 30.3 Å². The number of Topliss-reactive ketones (excluding diaryl/α,β-unsaturated/α-hetero) is 1. The lowest BCUT2D eigenvalue weighted by Gasteiger charge is -2.07. The van der Waals surface area contributed by atoms with Crippen molar-refractivity contribution in [1.29, 1.82) is 5.26 Å². The maximum Gasteiger partial charge on any atom is 0.267 e. The van der Waals surface area contributed by atoms with Crippen LogP contribution >= 0.6 is 15.9 Å². The zero-order valence-electron chi connectivity index (χ0n) is 12.8. The summed E-state index contributed by atoms with van der Waals surface area (Å²) in [6.45, 7) is 1.45. The lowest BCUT2D eigenvalue weighted by molar-refractivity contribution is -0.112. The molecule has 1 amide bonds. The topological polar surface area (TPSA) is 82.0 Å². The fourth-order valence-electron chi connectivity index (χ4n) is 1.89. The van der Waals surface area contributed by atoms with Crippen LogP contribution in [0.3, 0.4) is 0 Å². The van der Waals surface area contributed by atoms with Crippen LogP contribution in [0.15, 0.2) is 64.8 Å². The van der Waals surface area contributed by atoms with Gasteiger partial charge in [-0.2, -0.15) is 5.26 Å². The number of nitriles is 1. The molecule has 0 unspecified atom stereocenters. The van der Waals surface area contributed by atoms with Crippen LogP contribution in [0, 0.1) is 11.3 Å². The summed E-state index contributed by atoms with van der Waals surface area (Å²) >= 11 is 3.37. The maximum absolute atomic E-state index is 12.2. The molecule has 0 saturated heterocycles. The molecule has 0 aliphatic rings. The summed E-state index contributed by atoms with van der Waals surface area (Å²) in [5.41, 5.74) is 1.59. The van der Waals surface area contributed by atoms with E-state index < -0.39 is 5.91 Å². The highest BCUT2D eigenvalue weighted by Crippen LogP contribution is 2.21. The minimum Gasteiger partial charge on any atom is -0.359 e. The number of anilines is 2. The van der Waals surface area contributed by atoms with E-state index in [0.29, 0.717) is 11.3 Å². The number of hydrogen-bond donors (Lipinski definition) is 2. The molecule has 2 aromatic carbocycles. The Bertz CT molecular complexity index is 853. The Morgan fingerprint density at radius 2 is 1.92 bits per heavy atom. The third-order valence-electron chi connectivity index (χ3n) is 3.14. The number of halogens is 1. The first-order chi connectivity index (χ1) is 11.5. The molecule has 0 aliphatic heterocycles. The molecular weight excluding hydrogens is 370 g/mol. The number of para-hydroxylation sites is 1. The largest absolute Gasteiger partial charge is 0.359 e. The maximum atomic E-state index is 12.2. The number of carbonyl (C=O) groups excluding carboxylic acids is 2. The highest BCUT2D eigenvalue weighted by Gasteiger charge is 2.10. The minimum atomic E-state index is -0.558. The normalized spacial score (nSPS) is 10.6. The molecule has 0 spiro atoms. The molecule has 5 nitrogen and oxygen atoms in total. The third kappa shape index (κ3) is 4.54. The molecule has 0 saturated carbocycles.